The van der Waals surface area contributed by atoms with Gasteiger partial charge in [-0.2, -0.15) is 0 Å². The summed E-state index contributed by atoms with van der Waals surface area (Å²) in [7, 11) is 0. The van der Waals surface area contributed by atoms with Gasteiger partial charge < -0.3 is 14.6 Å². The van der Waals surface area contributed by atoms with Gasteiger partial charge in [-0.3, -0.25) is 0 Å². The molecule has 1 saturated carbocycles. The van der Waals surface area contributed by atoms with Gasteiger partial charge in [0.05, 0.1) is 13.2 Å². The van der Waals surface area contributed by atoms with Crippen molar-refractivity contribution in [2.24, 2.45) is 0 Å². The third-order valence-electron chi connectivity index (χ3n) is 5.33. The largest absolute Gasteiger partial charge is 0.379 e. The normalized spacial score (nSPS) is 35.4. The van der Waals surface area contributed by atoms with Gasteiger partial charge in [0.1, 0.15) is 0 Å². The van der Waals surface area contributed by atoms with Crippen LogP contribution in [-0.4, -0.2) is 24.1 Å². The molecule has 0 amide bonds. The van der Waals surface area contributed by atoms with E-state index in [1.54, 1.807) is 0 Å². The fourth-order valence-electron chi connectivity index (χ4n) is 4.39. The lowest BCUT2D eigenvalue weighted by atomic mass is 9.58. The zero-order chi connectivity index (χ0) is 13.6. The van der Waals surface area contributed by atoms with Crippen LogP contribution in [0, 0.1) is 0 Å². The van der Waals surface area contributed by atoms with E-state index in [9.17, 15) is 5.11 Å². The van der Waals surface area contributed by atoms with Crippen LogP contribution in [0.4, 0.5) is 0 Å². The molecule has 0 radical (unpaired) electrons. The molecule has 1 aromatic rings. The minimum Gasteiger partial charge on any atom is -0.379 e. The molecule has 1 spiro atoms. The van der Waals surface area contributed by atoms with Gasteiger partial charge in [0, 0.05) is 12.3 Å². The zero-order valence-electron chi connectivity index (χ0n) is 11.8. The summed E-state index contributed by atoms with van der Waals surface area (Å²) in [5.74, 6) is -0.647. The van der Waals surface area contributed by atoms with Gasteiger partial charge in [0.2, 0.25) is 5.79 Å². The maximum atomic E-state index is 11.5. The SMILES string of the molecule is O[C@]12c3ccccc3[C@H]1CCCCCCC21OCCO1. The second-order valence-corrected chi connectivity index (χ2v) is 6.31. The Morgan fingerprint density at radius 3 is 2.60 bits per heavy atom. The highest BCUT2D eigenvalue weighted by atomic mass is 16.7. The molecular formula is C17H22O3. The molecule has 2 atom stereocenters. The summed E-state index contributed by atoms with van der Waals surface area (Å²) in [6.07, 6.45) is 6.52. The molecule has 3 nitrogen and oxygen atoms in total. The van der Waals surface area contributed by atoms with E-state index in [0.717, 1.165) is 24.8 Å². The van der Waals surface area contributed by atoms with Crippen molar-refractivity contribution in [2.75, 3.05) is 13.2 Å². The Morgan fingerprint density at radius 1 is 1.00 bits per heavy atom. The summed E-state index contributed by atoms with van der Waals surface area (Å²) >= 11 is 0. The van der Waals surface area contributed by atoms with Crippen molar-refractivity contribution in [2.45, 2.75) is 55.8 Å². The van der Waals surface area contributed by atoms with Crippen LogP contribution in [0.3, 0.4) is 0 Å². The van der Waals surface area contributed by atoms with Gasteiger partial charge in [-0.25, -0.2) is 0 Å². The Hall–Kier alpha value is -0.900. The van der Waals surface area contributed by atoms with Crippen LogP contribution < -0.4 is 0 Å². The molecule has 108 valence electrons. The molecule has 3 aliphatic rings. The van der Waals surface area contributed by atoms with E-state index in [1.165, 1.54) is 24.8 Å². The second kappa shape index (κ2) is 4.55. The highest BCUT2D eigenvalue weighted by Crippen LogP contribution is 2.61. The summed E-state index contributed by atoms with van der Waals surface area (Å²) in [5, 5.41) is 11.5. The first kappa shape index (κ1) is 12.8. The Bertz CT molecular complexity index is 507. The molecule has 1 aromatic carbocycles. The fraction of sp³-hybridized carbons (Fsp3) is 0.647. The van der Waals surface area contributed by atoms with Crippen LogP contribution in [-0.2, 0) is 15.1 Å². The van der Waals surface area contributed by atoms with Crippen molar-refractivity contribution in [3.63, 3.8) is 0 Å². The number of aliphatic hydroxyl groups is 1. The van der Waals surface area contributed by atoms with E-state index in [1.807, 2.05) is 12.1 Å². The molecule has 0 aromatic heterocycles. The monoisotopic (exact) mass is 274 g/mol. The number of hydrogen-bond donors (Lipinski definition) is 1. The Kier molecular flexibility index (Phi) is 2.92. The van der Waals surface area contributed by atoms with Crippen LogP contribution in [0.1, 0.15) is 55.6 Å². The first-order valence-corrected chi connectivity index (χ1v) is 7.88. The average molecular weight is 274 g/mol. The molecule has 3 heteroatoms. The minimum atomic E-state index is -0.954. The molecule has 0 unspecified atom stereocenters. The third kappa shape index (κ3) is 1.51. The number of benzene rings is 1. The fourth-order valence-corrected chi connectivity index (χ4v) is 4.39. The molecule has 2 aliphatic carbocycles. The number of rotatable bonds is 0. The Labute approximate surface area is 119 Å². The lowest BCUT2D eigenvalue weighted by Crippen LogP contribution is -2.61. The van der Waals surface area contributed by atoms with Gasteiger partial charge >= 0.3 is 0 Å². The van der Waals surface area contributed by atoms with Crippen molar-refractivity contribution in [3.05, 3.63) is 35.4 Å². The quantitative estimate of drug-likeness (QED) is 0.790. The van der Waals surface area contributed by atoms with Crippen molar-refractivity contribution in [1.29, 1.82) is 0 Å². The van der Waals surface area contributed by atoms with Gasteiger partial charge in [0.25, 0.3) is 0 Å². The lowest BCUT2D eigenvalue weighted by Gasteiger charge is -2.55. The molecule has 1 N–H and O–H groups in total. The van der Waals surface area contributed by atoms with E-state index in [0.29, 0.717) is 13.2 Å². The maximum Gasteiger partial charge on any atom is 0.202 e. The molecule has 1 aliphatic heterocycles. The van der Waals surface area contributed by atoms with Crippen LogP contribution in [0.2, 0.25) is 0 Å². The van der Waals surface area contributed by atoms with Gasteiger partial charge in [0.15, 0.2) is 5.60 Å². The molecule has 20 heavy (non-hydrogen) atoms. The van der Waals surface area contributed by atoms with Crippen LogP contribution in [0.25, 0.3) is 0 Å². The van der Waals surface area contributed by atoms with Gasteiger partial charge in [-0.15, -0.1) is 0 Å². The topological polar surface area (TPSA) is 38.7 Å². The van der Waals surface area contributed by atoms with Crippen LogP contribution in [0.5, 0.6) is 0 Å². The van der Waals surface area contributed by atoms with E-state index in [4.69, 9.17) is 9.47 Å². The Morgan fingerprint density at radius 2 is 1.75 bits per heavy atom. The summed E-state index contributed by atoms with van der Waals surface area (Å²) in [4.78, 5) is 0. The highest BCUT2D eigenvalue weighted by molar-refractivity contribution is 5.50. The molecule has 0 bridgehead atoms. The summed E-state index contributed by atoms with van der Waals surface area (Å²) in [5.41, 5.74) is 1.36. The van der Waals surface area contributed by atoms with E-state index < -0.39 is 11.4 Å². The Balaban J connectivity index is 1.82. The molecule has 2 fully saturated rings. The highest BCUT2D eigenvalue weighted by Gasteiger charge is 2.65. The minimum absolute atomic E-state index is 0.162. The van der Waals surface area contributed by atoms with Gasteiger partial charge in [-0.05, 0) is 24.0 Å². The molecule has 1 heterocycles. The van der Waals surface area contributed by atoms with Gasteiger partial charge in [-0.1, -0.05) is 43.5 Å². The molecular weight excluding hydrogens is 252 g/mol. The lowest BCUT2D eigenvalue weighted by molar-refractivity contribution is -0.298. The first-order chi connectivity index (χ1) is 9.78. The zero-order valence-corrected chi connectivity index (χ0v) is 11.8. The maximum absolute atomic E-state index is 11.5. The van der Waals surface area contributed by atoms with E-state index >= 15 is 0 Å². The average Bonchev–Trinajstić information content (AvgIpc) is 2.96. The summed E-state index contributed by atoms with van der Waals surface area (Å²) in [6.45, 7) is 1.19. The predicted molar refractivity (Wildman–Crippen MR) is 75.4 cm³/mol. The van der Waals surface area contributed by atoms with Crippen molar-refractivity contribution in [1.82, 2.24) is 0 Å². The van der Waals surface area contributed by atoms with Crippen molar-refractivity contribution in [3.8, 4) is 0 Å². The molecule has 4 rings (SSSR count). The second-order valence-electron chi connectivity index (χ2n) is 6.31. The van der Waals surface area contributed by atoms with E-state index in [2.05, 4.69) is 12.1 Å². The number of fused-ring (bicyclic) bond motifs is 5. The summed E-state index contributed by atoms with van der Waals surface area (Å²) in [6, 6.07) is 8.25. The predicted octanol–water partition coefficient (Wildman–Crippen LogP) is 3.07. The summed E-state index contributed by atoms with van der Waals surface area (Å²) < 4.78 is 12.0. The number of hydrogen-bond acceptors (Lipinski definition) is 3. The van der Waals surface area contributed by atoms with Crippen LogP contribution >= 0.6 is 0 Å². The number of ether oxygens (including phenoxy) is 2. The van der Waals surface area contributed by atoms with E-state index in [-0.39, 0.29) is 5.92 Å². The first-order valence-electron chi connectivity index (χ1n) is 7.88. The third-order valence-corrected chi connectivity index (χ3v) is 5.33. The van der Waals surface area contributed by atoms with Crippen LogP contribution in [0.15, 0.2) is 24.3 Å². The van der Waals surface area contributed by atoms with Crippen molar-refractivity contribution >= 4 is 0 Å². The van der Waals surface area contributed by atoms with Crippen molar-refractivity contribution < 1.29 is 14.6 Å². The smallest absolute Gasteiger partial charge is 0.202 e. The standard InChI is InChI=1S/C17H22O3/c18-17-14(13-7-4-5-9-15(13)17)8-3-1-2-6-10-16(17)19-11-12-20-16/h4-5,7,9,14,18H,1-3,6,8,10-12H2/t14-,17+/m1/s1. The molecule has 1 saturated heterocycles.